The quantitative estimate of drug-likeness (QED) is 0.896. The number of nitrogens with one attached hydrogen (secondary N) is 1. The van der Waals surface area contributed by atoms with Crippen LogP contribution in [0.1, 0.15) is 36.6 Å². The molecule has 0 saturated carbocycles. The van der Waals surface area contributed by atoms with Crippen LogP contribution in [0, 0.1) is 18.3 Å². The van der Waals surface area contributed by atoms with E-state index in [2.05, 4.69) is 35.7 Å². The molecular weight excluding hydrogens is 242 g/mol. The van der Waals surface area contributed by atoms with Gasteiger partial charge in [-0.15, -0.1) is 0 Å². The lowest BCUT2D eigenvalue weighted by atomic mass is 10.0. The van der Waals surface area contributed by atoms with Crippen LogP contribution in [0.3, 0.4) is 0 Å². The minimum atomic E-state index is 0.438. The molecular formula is C14H15N3S. The molecule has 0 radical (unpaired) electrons. The fourth-order valence-electron chi connectivity index (χ4n) is 1.82. The molecule has 1 heterocycles. The van der Waals surface area contributed by atoms with Crippen molar-refractivity contribution in [3.05, 3.63) is 41.1 Å². The van der Waals surface area contributed by atoms with Crippen molar-refractivity contribution in [3.63, 3.8) is 0 Å². The number of aromatic nitrogens is 1. The summed E-state index contributed by atoms with van der Waals surface area (Å²) in [5, 5.41) is 13.3. The molecule has 3 nitrogen and oxygen atoms in total. The minimum Gasteiger partial charge on any atom is -0.345 e. The summed E-state index contributed by atoms with van der Waals surface area (Å²) in [7, 11) is 0. The van der Waals surface area contributed by atoms with Crippen molar-refractivity contribution >= 4 is 22.2 Å². The van der Waals surface area contributed by atoms with Crippen molar-refractivity contribution in [3.8, 4) is 6.07 Å². The lowest BCUT2D eigenvalue weighted by molar-refractivity contribution is 0.869. The Morgan fingerprint density at radius 1 is 1.33 bits per heavy atom. The third kappa shape index (κ3) is 2.36. The molecule has 1 aromatic heterocycles. The van der Waals surface area contributed by atoms with Crippen molar-refractivity contribution < 1.29 is 0 Å². The summed E-state index contributed by atoms with van der Waals surface area (Å²) in [5.41, 5.74) is 3.71. The number of benzene rings is 1. The van der Waals surface area contributed by atoms with Crippen LogP contribution in [0.2, 0.25) is 0 Å². The van der Waals surface area contributed by atoms with Gasteiger partial charge in [0, 0.05) is 5.69 Å². The maximum absolute atomic E-state index is 9.12. The van der Waals surface area contributed by atoms with E-state index in [0.717, 1.165) is 16.4 Å². The number of nitriles is 1. The smallest absolute Gasteiger partial charge is 0.132 e. The summed E-state index contributed by atoms with van der Waals surface area (Å²) in [6.07, 6.45) is 0. The minimum absolute atomic E-state index is 0.438. The predicted molar refractivity (Wildman–Crippen MR) is 75.4 cm³/mol. The molecule has 0 saturated heterocycles. The van der Waals surface area contributed by atoms with E-state index < -0.39 is 0 Å². The second-order valence-corrected chi connectivity index (χ2v) is 5.22. The average Bonchev–Trinajstić information content (AvgIpc) is 2.70. The number of anilines is 2. The topological polar surface area (TPSA) is 48.7 Å². The van der Waals surface area contributed by atoms with Crippen molar-refractivity contribution in [2.45, 2.75) is 26.7 Å². The van der Waals surface area contributed by atoms with E-state index in [4.69, 9.17) is 5.26 Å². The molecule has 0 aliphatic carbocycles. The molecule has 2 rings (SSSR count). The molecule has 0 amide bonds. The van der Waals surface area contributed by atoms with Gasteiger partial charge in [-0.2, -0.15) is 9.64 Å². The first-order valence-corrected chi connectivity index (χ1v) is 6.63. The molecule has 0 aliphatic heterocycles. The van der Waals surface area contributed by atoms with Gasteiger partial charge < -0.3 is 5.32 Å². The van der Waals surface area contributed by atoms with Gasteiger partial charge in [0.25, 0.3) is 0 Å². The highest BCUT2D eigenvalue weighted by atomic mass is 32.1. The summed E-state index contributed by atoms with van der Waals surface area (Å²) in [4.78, 5) is 0. The van der Waals surface area contributed by atoms with E-state index in [0.29, 0.717) is 11.5 Å². The number of aryl methyl sites for hydroxylation is 1. The highest BCUT2D eigenvalue weighted by Crippen LogP contribution is 2.31. The Kier molecular flexibility index (Phi) is 3.63. The fraction of sp³-hybridized carbons (Fsp3) is 0.286. The predicted octanol–water partition coefficient (Wildman–Crippen LogP) is 4.19. The second-order valence-electron chi connectivity index (χ2n) is 4.45. The molecule has 4 heteroatoms. The van der Waals surface area contributed by atoms with E-state index >= 15 is 0 Å². The van der Waals surface area contributed by atoms with Gasteiger partial charge in [0.1, 0.15) is 16.6 Å². The normalized spacial score (nSPS) is 10.4. The summed E-state index contributed by atoms with van der Waals surface area (Å²) >= 11 is 1.33. The highest BCUT2D eigenvalue weighted by molar-refractivity contribution is 7.10. The van der Waals surface area contributed by atoms with Crippen molar-refractivity contribution in [1.82, 2.24) is 4.37 Å². The van der Waals surface area contributed by atoms with Gasteiger partial charge >= 0.3 is 0 Å². The molecule has 1 aromatic carbocycles. The standard InChI is InChI=1S/C14H15N3S/c1-9(2)11-6-4-5-7-13(11)16-14-12(8-15)10(3)17-18-14/h4-7,9,16H,1-3H3. The van der Waals surface area contributed by atoms with E-state index in [1.54, 1.807) is 0 Å². The van der Waals surface area contributed by atoms with Crippen LogP contribution < -0.4 is 5.32 Å². The Balaban J connectivity index is 2.38. The van der Waals surface area contributed by atoms with Crippen LogP contribution in [0.15, 0.2) is 24.3 Å². The Bertz CT molecular complexity index is 593. The van der Waals surface area contributed by atoms with E-state index in [-0.39, 0.29) is 0 Å². The Hall–Kier alpha value is -1.86. The van der Waals surface area contributed by atoms with Crippen LogP contribution in [0.5, 0.6) is 0 Å². The van der Waals surface area contributed by atoms with Crippen LogP contribution in [-0.2, 0) is 0 Å². The first-order chi connectivity index (χ1) is 8.63. The summed E-state index contributed by atoms with van der Waals surface area (Å²) in [6, 6.07) is 10.4. The zero-order chi connectivity index (χ0) is 13.1. The largest absolute Gasteiger partial charge is 0.345 e. The van der Waals surface area contributed by atoms with Crippen molar-refractivity contribution in [2.75, 3.05) is 5.32 Å². The first-order valence-electron chi connectivity index (χ1n) is 5.85. The van der Waals surface area contributed by atoms with Gasteiger partial charge in [-0.3, -0.25) is 0 Å². The summed E-state index contributed by atoms with van der Waals surface area (Å²) in [6.45, 7) is 6.17. The molecule has 0 bridgehead atoms. The highest BCUT2D eigenvalue weighted by Gasteiger charge is 2.12. The van der Waals surface area contributed by atoms with Gasteiger partial charge in [-0.25, -0.2) is 0 Å². The van der Waals surface area contributed by atoms with Crippen molar-refractivity contribution in [1.29, 1.82) is 5.26 Å². The Labute approximate surface area is 111 Å². The lowest BCUT2D eigenvalue weighted by Gasteiger charge is -2.13. The number of rotatable bonds is 3. The van der Waals surface area contributed by atoms with Crippen LogP contribution in [-0.4, -0.2) is 4.37 Å². The molecule has 0 atom stereocenters. The molecule has 18 heavy (non-hydrogen) atoms. The average molecular weight is 257 g/mol. The van der Waals surface area contributed by atoms with E-state index in [1.807, 2.05) is 25.1 Å². The number of nitrogens with zero attached hydrogens (tertiary/aromatic N) is 2. The molecule has 1 N–H and O–H groups in total. The Morgan fingerprint density at radius 2 is 2.06 bits per heavy atom. The third-order valence-electron chi connectivity index (χ3n) is 2.81. The Morgan fingerprint density at radius 3 is 2.72 bits per heavy atom. The summed E-state index contributed by atoms with van der Waals surface area (Å²) in [5.74, 6) is 0.438. The molecule has 92 valence electrons. The summed E-state index contributed by atoms with van der Waals surface area (Å²) < 4.78 is 4.21. The van der Waals surface area contributed by atoms with Gasteiger partial charge in [0.2, 0.25) is 0 Å². The molecule has 0 spiro atoms. The number of hydrogen-bond acceptors (Lipinski definition) is 4. The monoisotopic (exact) mass is 257 g/mol. The maximum Gasteiger partial charge on any atom is 0.132 e. The van der Waals surface area contributed by atoms with Crippen LogP contribution >= 0.6 is 11.5 Å². The van der Waals surface area contributed by atoms with E-state index in [1.165, 1.54) is 17.1 Å². The second kappa shape index (κ2) is 5.19. The van der Waals surface area contributed by atoms with Gasteiger partial charge in [0.15, 0.2) is 0 Å². The SMILES string of the molecule is Cc1nsc(Nc2ccccc2C(C)C)c1C#N. The number of para-hydroxylation sites is 1. The zero-order valence-electron chi connectivity index (χ0n) is 10.7. The first kappa shape index (κ1) is 12.6. The third-order valence-corrected chi connectivity index (χ3v) is 3.66. The molecule has 2 aromatic rings. The molecule has 0 fully saturated rings. The van der Waals surface area contributed by atoms with Gasteiger partial charge in [0.05, 0.1) is 5.69 Å². The van der Waals surface area contributed by atoms with E-state index in [9.17, 15) is 0 Å². The van der Waals surface area contributed by atoms with Gasteiger partial charge in [-0.05, 0) is 36.0 Å². The molecule has 0 aliphatic rings. The lowest BCUT2D eigenvalue weighted by Crippen LogP contribution is -1.97. The maximum atomic E-state index is 9.12. The fourth-order valence-corrected chi connectivity index (χ4v) is 2.58. The zero-order valence-corrected chi connectivity index (χ0v) is 11.5. The molecule has 0 unspecified atom stereocenters. The number of hydrogen-bond donors (Lipinski definition) is 1. The van der Waals surface area contributed by atoms with Crippen LogP contribution in [0.4, 0.5) is 10.7 Å². The van der Waals surface area contributed by atoms with Crippen molar-refractivity contribution in [2.24, 2.45) is 0 Å². The van der Waals surface area contributed by atoms with Crippen LogP contribution in [0.25, 0.3) is 0 Å². The van der Waals surface area contributed by atoms with Gasteiger partial charge in [-0.1, -0.05) is 32.0 Å².